The van der Waals surface area contributed by atoms with Crippen molar-refractivity contribution in [3.63, 3.8) is 0 Å². The number of rotatable bonds is 2. The minimum Gasteiger partial charge on any atom is -1.00 e. The minimum absolute atomic E-state index is 0. The van der Waals surface area contributed by atoms with Crippen LogP contribution in [0.4, 0.5) is 0 Å². The van der Waals surface area contributed by atoms with Gasteiger partial charge in [-0.1, -0.05) is 81.4 Å². The Balaban J connectivity index is 0.000000487. The van der Waals surface area contributed by atoms with E-state index in [4.69, 9.17) is 0 Å². The second kappa shape index (κ2) is 15.8. The van der Waals surface area contributed by atoms with Crippen LogP contribution in [0.2, 0.25) is 0 Å². The van der Waals surface area contributed by atoms with Crippen LogP contribution in [0.25, 0.3) is 33.4 Å². The van der Waals surface area contributed by atoms with E-state index in [9.17, 15) is 0 Å². The van der Waals surface area contributed by atoms with Crippen LogP contribution in [-0.2, 0) is 26.4 Å². The first-order valence-electron chi connectivity index (χ1n) is 14.1. The SMILES string of the molecule is C[C](C)=[Ti+2].Cc1cc(C)c(-c2[c-]c3c(cc2)-c2ccc(-c4c(C)cc(C)cc4C)cc2C3)c(C)c1.[C-]1=CC=CC1.[Cl-].[Cl-]. The number of fused-ring (bicyclic) bond motifs is 3. The molecular weight excluding hydrogens is 587 g/mol. The maximum atomic E-state index is 3.78. The monoisotopic (exact) mass is 626 g/mol. The van der Waals surface area contributed by atoms with Gasteiger partial charge in [-0.15, -0.1) is 35.7 Å². The Bertz CT molecular complexity index is 1470. The van der Waals surface area contributed by atoms with Crippen molar-refractivity contribution < 1.29 is 44.8 Å². The average Bonchev–Trinajstić information content (AvgIpc) is 3.54. The summed E-state index contributed by atoms with van der Waals surface area (Å²) < 4.78 is 1.42. The van der Waals surface area contributed by atoms with Crippen molar-refractivity contribution in [1.82, 2.24) is 0 Å². The van der Waals surface area contributed by atoms with E-state index >= 15 is 0 Å². The number of hydrogen-bond acceptors (Lipinski definition) is 0. The van der Waals surface area contributed by atoms with E-state index in [-0.39, 0.29) is 24.8 Å². The zero-order valence-electron chi connectivity index (χ0n) is 26.1. The van der Waals surface area contributed by atoms with Gasteiger partial charge in [-0.05, 0) is 75.8 Å². The van der Waals surface area contributed by atoms with E-state index in [0.29, 0.717) is 0 Å². The van der Waals surface area contributed by atoms with E-state index in [1.807, 2.05) is 12.2 Å². The first-order valence-corrected chi connectivity index (χ1v) is 14.9. The summed E-state index contributed by atoms with van der Waals surface area (Å²) in [7, 11) is 0. The molecule has 0 nitrogen and oxygen atoms in total. The first kappa shape index (κ1) is 35.7. The Hall–Kier alpha value is -2.48. The van der Waals surface area contributed by atoms with Crippen LogP contribution in [0.1, 0.15) is 64.8 Å². The molecule has 0 unspecified atom stereocenters. The standard InChI is InChI=1S/C31H29.C5H5.C3H6.2ClH.Ti/c1-18-11-20(3)30(21(4)12-18)24-7-9-28-26(15-24)17-27-16-25(8-10-29(27)28)31-22(5)13-19(2)14-23(31)6;1-2-4-5-3-1;1-3-2;;;/h7-15H,17H2,1-6H3;1-3H,4H2;1-2H3;2*1H;/q2*-1;;;;+2/p-2. The molecule has 0 radical (unpaired) electrons. The molecule has 0 atom stereocenters. The van der Waals surface area contributed by atoms with Gasteiger partial charge in [-0.3, -0.25) is 6.08 Å². The van der Waals surface area contributed by atoms with Crippen molar-refractivity contribution >= 4 is 3.81 Å². The second-order valence-corrected chi connectivity index (χ2v) is 12.9. The number of halogens is 2. The van der Waals surface area contributed by atoms with Gasteiger partial charge < -0.3 is 24.8 Å². The molecule has 216 valence electrons. The molecule has 0 saturated carbocycles. The van der Waals surface area contributed by atoms with Crippen LogP contribution in [0.15, 0.2) is 72.8 Å². The number of benzene rings is 4. The zero-order chi connectivity index (χ0) is 29.0. The third-order valence-corrected chi connectivity index (χ3v) is 7.29. The molecule has 2 aliphatic rings. The summed E-state index contributed by atoms with van der Waals surface area (Å²) in [6.45, 7) is 17.4. The molecule has 0 heterocycles. The van der Waals surface area contributed by atoms with Crippen LogP contribution < -0.4 is 24.8 Å². The summed E-state index contributed by atoms with van der Waals surface area (Å²) in [4.78, 5) is 0. The fraction of sp³-hybridized carbons (Fsp3) is 0.256. The summed E-state index contributed by atoms with van der Waals surface area (Å²) in [6, 6.07) is 24.5. The van der Waals surface area contributed by atoms with Crippen LogP contribution in [0, 0.1) is 53.7 Å². The van der Waals surface area contributed by atoms with Gasteiger partial charge in [-0.25, -0.2) is 12.2 Å². The van der Waals surface area contributed by atoms with Gasteiger partial charge in [0.05, 0.1) is 0 Å². The smallest absolute Gasteiger partial charge is 0.0125 e. The van der Waals surface area contributed by atoms with Crippen molar-refractivity contribution in [2.24, 2.45) is 0 Å². The molecule has 0 saturated heterocycles. The molecule has 2 aliphatic carbocycles. The third-order valence-electron chi connectivity index (χ3n) is 7.29. The molecule has 42 heavy (non-hydrogen) atoms. The van der Waals surface area contributed by atoms with Gasteiger partial charge in [-0.2, -0.15) is 6.08 Å². The van der Waals surface area contributed by atoms with Crippen molar-refractivity contribution in [3.05, 3.63) is 129 Å². The van der Waals surface area contributed by atoms with Crippen LogP contribution in [0.5, 0.6) is 0 Å². The zero-order valence-corrected chi connectivity index (χ0v) is 29.2. The third kappa shape index (κ3) is 8.55. The molecule has 0 aliphatic heterocycles. The fourth-order valence-corrected chi connectivity index (χ4v) is 6.01. The van der Waals surface area contributed by atoms with E-state index in [2.05, 4.69) is 148 Å². The van der Waals surface area contributed by atoms with E-state index in [1.165, 1.54) is 81.7 Å². The molecule has 0 bridgehead atoms. The number of allylic oxidation sites excluding steroid dienone is 4. The van der Waals surface area contributed by atoms with Gasteiger partial charge in [0.2, 0.25) is 0 Å². The van der Waals surface area contributed by atoms with E-state index in [0.717, 1.165) is 12.8 Å². The maximum absolute atomic E-state index is 3.78. The molecule has 3 heteroatoms. The van der Waals surface area contributed by atoms with Gasteiger partial charge in [0.1, 0.15) is 0 Å². The summed E-state index contributed by atoms with van der Waals surface area (Å²) in [5, 5.41) is 0. The van der Waals surface area contributed by atoms with E-state index in [1.54, 1.807) is 0 Å². The van der Waals surface area contributed by atoms with Gasteiger partial charge in [0, 0.05) is 0 Å². The molecule has 4 aromatic carbocycles. The maximum Gasteiger partial charge on any atom is -0.0125 e. The molecule has 0 aromatic heterocycles. The molecule has 0 fully saturated rings. The summed E-state index contributed by atoms with van der Waals surface area (Å²) in [6.07, 6.45) is 11.0. The Kier molecular flexibility index (Phi) is 13.5. The van der Waals surface area contributed by atoms with E-state index < -0.39 is 0 Å². The Morgan fingerprint density at radius 1 is 0.690 bits per heavy atom. The quantitative estimate of drug-likeness (QED) is 0.203. The average molecular weight is 628 g/mol. The van der Waals surface area contributed by atoms with Crippen LogP contribution in [0.3, 0.4) is 0 Å². The van der Waals surface area contributed by atoms with Crippen LogP contribution >= 0.6 is 0 Å². The molecule has 4 aromatic rings. The Morgan fingerprint density at radius 3 is 1.69 bits per heavy atom. The normalized spacial score (nSPS) is 11.7. The number of aryl methyl sites for hydroxylation is 6. The minimum atomic E-state index is 0. The summed E-state index contributed by atoms with van der Waals surface area (Å²) >= 11 is 2.08. The molecular formula is C39H40Cl2Ti-2. The Labute approximate surface area is 278 Å². The molecule has 0 N–H and O–H groups in total. The topological polar surface area (TPSA) is 0 Å². The van der Waals surface area contributed by atoms with Crippen LogP contribution in [-0.4, -0.2) is 3.81 Å². The van der Waals surface area contributed by atoms with Crippen molar-refractivity contribution in [1.29, 1.82) is 0 Å². The second-order valence-electron chi connectivity index (χ2n) is 11.4. The molecule has 0 spiro atoms. The summed E-state index contributed by atoms with van der Waals surface area (Å²) in [5.74, 6) is 0. The van der Waals surface area contributed by atoms with Gasteiger partial charge >= 0.3 is 37.6 Å². The van der Waals surface area contributed by atoms with Gasteiger partial charge in [0.25, 0.3) is 0 Å². The predicted octanol–water partition coefficient (Wildman–Crippen LogP) is 4.30. The number of hydrogen-bond donors (Lipinski definition) is 0. The van der Waals surface area contributed by atoms with Crippen molar-refractivity contribution in [2.45, 2.75) is 68.2 Å². The molecule has 0 amide bonds. The first-order chi connectivity index (χ1) is 19.0. The van der Waals surface area contributed by atoms with Gasteiger partial charge in [0.15, 0.2) is 0 Å². The predicted molar refractivity (Wildman–Crippen MR) is 171 cm³/mol. The Morgan fingerprint density at radius 2 is 1.21 bits per heavy atom. The summed E-state index contributed by atoms with van der Waals surface area (Å²) in [5.41, 5.74) is 18.7. The van der Waals surface area contributed by atoms with Crippen molar-refractivity contribution in [3.8, 4) is 33.4 Å². The largest absolute Gasteiger partial charge is 1.00 e. The van der Waals surface area contributed by atoms with Crippen molar-refractivity contribution in [2.75, 3.05) is 0 Å². The molecule has 6 rings (SSSR count). The fourth-order valence-electron chi connectivity index (χ4n) is 6.01.